The van der Waals surface area contributed by atoms with Crippen molar-refractivity contribution in [1.82, 2.24) is 10.2 Å². The van der Waals surface area contributed by atoms with Crippen LogP contribution in [0.3, 0.4) is 0 Å². The van der Waals surface area contributed by atoms with Gasteiger partial charge in [0.25, 0.3) is 0 Å². The van der Waals surface area contributed by atoms with Crippen LogP contribution in [-0.4, -0.2) is 48.3 Å². The lowest BCUT2D eigenvalue weighted by Crippen LogP contribution is -2.37. The minimum Gasteiger partial charge on any atom is -0.393 e. The Labute approximate surface area is 94.9 Å². The van der Waals surface area contributed by atoms with E-state index in [4.69, 9.17) is 5.11 Å². The lowest BCUT2D eigenvalue weighted by Gasteiger charge is -2.22. The standard InChI is InChI=1S/C12H28N2O/c1-11(15)7-10-14(5)9-6-8-13-12(2,3)4/h11,13,15H,6-10H2,1-5H3. The number of nitrogens with one attached hydrogen (secondary N) is 1. The van der Waals surface area contributed by atoms with Crippen LogP contribution in [0.4, 0.5) is 0 Å². The minimum absolute atomic E-state index is 0.180. The van der Waals surface area contributed by atoms with Gasteiger partial charge in [-0.15, -0.1) is 0 Å². The molecule has 3 nitrogen and oxygen atoms in total. The summed E-state index contributed by atoms with van der Waals surface area (Å²) >= 11 is 0. The highest BCUT2D eigenvalue weighted by Gasteiger charge is 2.07. The Balaban J connectivity index is 3.35. The Morgan fingerprint density at radius 2 is 1.87 bits per heavy atom. The van der Waals surface area contributed by atoms with E-state index in [1.54, 1.807) is 0 Å². The van der Waals surface area contributed by atoms with Gasteiger partial charge in [0.15, 0.2) is 0 Å². The van der Waals surface area contributed by atoms with Gasteiger partial charge >= 0.3 is 0 Å². The molecule has 2 N–H and O–H groups in total. The molecule has 0 aliphatic heterocycles. The second-order valence-electron chi connectivity index (χ2n) is 5.47. The molecule has 0 heterocycles. The van der Waals surface area contributed by atoms with Gasteiger partial charge in [-0.05, 0) is 60.7 Å². The molecule has 1 atom stereocenters. The van der Waals surface area contributed by atoms with Crippen molar-refractivity contribution >= 4 is 0 Å². The summed E-state index contributed by atoms with van der Waals surface area (Å²) in [7, 11) is 2.11. The molecule has 0 aliphatic rings. The second-order valence-corrected chi connectivity index (χ2v) is 5.47. The summed E-state index contributed by atoms with van der Waals surface area (Å²) in [6.07, 6.45) is 1.84. The minimum atomic E-state index is -0.180. The quantitative estimate of drug-likeness (QED) is 0.633. The molecule has 1 unspecified atom stereocenters. The third kappa shape index (κ3) is 11.8. The van der Waals surface area contributed by atoms with Crippen LogP contribution in [0.25, 0.3) is 0 Å². The molecule has 0 aliphatic carbocycles. The van der Waals surface area contributed by atoms with E-state index < -0.39 is 0 Å². The molecular formula is C12H28N2O. The van der Waals surface area contributed by atoms with Crippen LogP contribution in [-0.2, 0) is 0 Å². The Bertz CT molecular complexity index is 152. The molecule has 0 fully saturated rings. The summed E-state index contributed by atoms with van der Waals surface area (Å²) < 4.78 is 0. The zero-order valence-corrected chi connectivity index (χ0v) is 11.0. The van der Waals surface area contributed by atoms with Crippen LogP contribution < -0.4 is 5.32 Å². The van der Waals surface area contributed by atoms with E-state index >= 15 is 0 Å². The van der Waals surface area contributed by atoms with Gasteiger partial charge in [0.05, 0.1) is 6.10 Å². The molecule has 0 bridgehead atoms. The van der Waals surface area contributed by atoms with Crippen molar-refractivity contribution in [1.29, 1.82) is 0 Å². The molecule has 0 saturated heterocycles. The molecule has 0 spiro atoms. The van der Waals surface area contributed by atoms with E-state index in [-0.39, 0.29) is 11.6 Å². The van der Waals surface area contributed by atoms with Gasteiger partial charge in [-0.1, -0.05) is 0 Å². The summed E-state index contributed by atoms with van der Waals surface area (Å²) in [4.78, 5) is 2.27. The van der Waals surface area contributed by atoms with Crippen molar-refractivity contribution in [2.24, 2.45) is 0 Å². The fourth-order valence-electron chi connectivity index (χ4n) is 1.33. The average Bonchev–Trinajstić information content (AvgIpc) is 2.07. The van der Waals surface area contributed by atoms with Crippen molar-refractivity contribution < 1.29 is 5.11 Å². The predicted octanol–water partition coefficient (Wildman–Crippen LogP) is 1.47. The molecule has 3 heteroatoms. The van der Waals surface area contributed by atoms with Crippen molar-refractivity contribution in [3.05, 3.63) is 0 Å². The smallest absolute Gasteiger partial charge is 0.0524 e. The van der Waals surface area contributed by atoms with Crippen LogP contribution in [0.1, 0.15) is 40.5 Å². The van der Waals surface area contributed by atoms with Gasteiger partial charge in [-0.3, -0.25) is 0 Å². The van der Waals surface area contributed by atoms with Crippen LogP contribution >= 0.6 is 0 Å². The van der Waals surface area contributed by atoms with Gasteiger partial charge in [0.2, 0.25) is 0 Å². The van der Waals surface area contributed by atoms with E-state index in [0.717, 1.165) is 32.5 Å². The average molecular weight is 216 g/mol. The third-order valence-electron chi connectivity index (χ3n) is 2.30. The molecule has 0 aromatic carbocycles. The second kappa shape index (κ2) is 7.20. The Morgan fingerprint density at radius 1 is 1.27 bits per heavy atom. The van der Waals surface area contributed by atoms with Gasteiger partial charge in [-0.2, -0.15) is 0 Å². The molecule has 0 aromatic rings. The largest absolute Gasteiger partial charge is 0.393 e. The summed E-state index contributed by atoms with van der Waals surface area (Å²) in [5, 5.41) is 12.6. The van der Waals surface area contributed by atoms with Gasteiger partial charge in [-0.25, -0.2) is 0 Å². The third-order valence-corrected chi connectivity index (χ3v) is 2.30. The van der Waals surface area contributed by atoms with E-state index in [9.17, 15) is 0 Å². The van der Waals surface area contributed by atoms with Gasteiger partial charge in [0, 0.05) is 12.1 Å². The molecular weight excluding hydrogens is 188 g/mol. The van der Waals surface area contributed by atoms with Gasteiger partial charge in [0.1, 0.15) is 0 Å². The SMILES string of the molecule is CC(O)CCN(C)CCCNC(C)(C)C. The maximum atomic E-state index is 9.14. The number of aliphatic hydroxyl groups excluding tert-OH is 1. The summed E-state index contributed by atoms with van der Waals surface area (Å²) in [6, 6.07) is 0. The monoisotopic (exact) mass is 216 g/mol. The Morgan fingerprint density at radius 3 is 2.33 bits per heavy atom. The summed E-state index contributed by atoms with van der Waals surface area (Å²) in [6.45, 7) is 11.5. The van der Waals surface area contributed by atoms with Crippen molar-refractivity contribution in [3.8, 4) is 0 Å². The number of nitrogens with zero attached hydrogens (tertiary/aromatic N) is 1. The zero-order valence-electron chi connectivity index (χ0n) is 11.0. The first-order chi connectivity index (χ1) is 6.81. The zero-order chi connectivity index (χ0) is 11.9. The Hall–Kier alpha value is -0.120. The molecule has 92 valence electrons. The predicted molar refractivity (Wildman–Crippen MR) is 66.2 cm³/mol. The van der Waals surface area contributed by atoms with Crippen LogP contribution in [0, 0.1) is 0 Å². The lowest BCUT2D eigenvalue weighted by molar-refractivity contribution is 0.164. The maximum Gasteiger partial charge on any atom is 0.0524 e. The van der Waals surface area contributed by atoms with Crippen molar-refractivity contribution in [3.63, 3.8) is 0 Å². The highest BCUT2D eigenvalue weighted by Crippen LogP contribution is 1.99. The summed E-state index contributed by atoms with van der Waals surface area (Å²) in [5.74, 6) is 0. The summed E-state index contributed by atoms with van der Waals surface area (Å²) in [5.41, 5.74) is 0.220. The van der Waals surface area contributed by atoms with Crippen molar-refractivity contribution in [2.45, 2.75) is 52.2 Å². The first-order valence-electron chi connectivity index (χ1n) is 5.93. The van der Waals surface area contributed by atoms with Gasteiger partial charge < -0.3 is 15.3 Å². The van der Waals surface area contributed by atoms with E-state index in [1.807, 2.05) is 6.92 Å². The maximum absolute atomic E-state index is 9.14. The Kier molecular flexibility index (Phi) is 7.14. The van der Waals surface area contributed by atoms with Crippen LogP contribution in [0.5, 0.6) is 0 Å². The van der Waals surface area contributed by atoms with Crippen molar-refractivity contribution in [2.75, 3.05) is 26.7 Å². The molecule has 0 aromatic heterocycles. The number of hydrogen-bond acceptors (Lipinski definition) is 3. The fourth-order valence-corrected chi connectivity index (χ4v) is 1.33. The van der Waals surface area contributed by atoms with E-state index in [1.165, 1.54) is 0 Å². The van der Waals surface area contributed by atoms with Crippen LogP contribution in [0.2, 0.25) is 0 Å². The highest BCUT2D eigenvalue weighted by atomic mass is 16.3. The number of hydrogen-bond donors (Lipinski definition) is 2. The first kappa shape index (κ1) is 14.9. The normalized spacial score (nSPS) is 14.6. The first-order valence-corrected chi connectivity index (χ1v) is 5.93. The molecule has 15 heavy (non-hydrogen) atoms. The number of aliphatic hydroxyl groups is 1. The molecule has 0 radical (unpaired) electrons. The lowest BCUT2D eigenvalue weighted by atomic mass is 10.1. The van der Waals surface area contributed by atoms with E-state index in [0.29, 0.717) is 0 Å². The molecule has 0 amide bonds. The van der Waals surface area contributed by atoms with Crippen LogP contribution in [0.15, 0.2) is 0 Å². The fraction of sp³-hybridized carbons (Fsp3) is 1.00. The number of rotatable bonds is 7. The topological polar surface area (TPSA) is 35.5 Å². The van der Waals surface area contributed by atoms with E-state index in [2.05, 4.69) is 38.0 Å². The molecule has 0 saturated carbocycles. The molecule has 0 rings (SSSR count). The highest BCUT2D eigenvalue weighted by molar-refractivity contribution is 4.70.